The third kappa shape index (κ3) is 5.30. The number of fused-ring (bicyclic) bond motifs is 2. The standard InChI is InChI=1S/C28H36N4O5S/c1-2-38(36,37)19-9-10-25-22(16-19)23(28(35)30-25)17-26-21(20-6-3-4-8-24(20)29-26)7-5-11-31-12-14-32(15-13-31)27(34)18-33/h9-10,16-17,29,33H,2-8,11-15,18H2,1H3,(H,30,35). The van der Waals surface area contributed by atoms with Crippen LogP contribution in [0.15, 0.2) is 23.1 Å². The molecule has 0 atom stereocenters. The maximum Gasteiger partial charge on any atom is 0.256 e. The molecule has 0 radical (unpaired) electrons. The molecule has 0 bridgehead atoms. The van der Waals surface area contributed by atoms with Gasteiger partial charge in [-0.2, -0.15) is 0 Å². The van der Waals surface area contributed by atoms with Crippen LogP contribution in [0.1, 0.15) is 54.3 Å². The molecule has 1 fully saturated rings. The number of aliphatic hydroxyl groups excluding tert-OH is 1. The average molecular weight is 541 g/mol. The number of hydrogen-bond acceptors (Lipinski definition) is 6. The molecule has 2 aliphatic heterocycles. The Morgan fingerprint density at radius 3 is 2.63 bits per heavy atom. The highest BCUT2D eigenvalue weighted by Gasteiger charge is 2.28. The molecule has 1 saturated heterocycles. The van der Waals surface area contributed by atoms with Crippen molar-refractivity contribution in [2.45, 2.75) is 50.3 Å². The SMILES string of the molecule is CCS(=O)(=O)c1ccc2c(c1)C(=Cc1[nH]c3c(c1CCCN1CCN(C(=O)CO)CC1)CCCC3)C(=O)N2. The maximum atomic E-state index is 12.9. The number of amides is 2. The molecule has 3 heterocycles. The van der Waals surface area contributed by atoms with E-state index in [1.54, 1.807) is 30.0 Å². The van der Waals surface area contributed by atoms with Gasteiger partial charge in [0, 0.05) is 48.8 Å². The van der Waals surface area contributed by atoms with E-state index in [9.17, 15) is 18.0 Å². The summed E-state index contributed by atoms with van der Waals surface area (Å²) in [7, 11) is -3.39. The number of sulfone groups is 1. The number of hydrogen-bond donors (Lipinski definition) is 3. The molecule has 2 amide bonds. The molecule has 1 aliphatic carbocycles. The highest BCUT2D eigenvalue weighted by Crippen LogP contribution is 2.37. The first-order chi connectivity index (χ1) is 18.3. The predicted molar refractivity (Wildman–Crippen MR) is 147 cm³/mol. The van der Waals surface area contributed by atoms with Gasteiger partial charge in [0.15, 0.2) is 9.84 Å². The summed E-state index contributed by atoms with van der Waals surface area (Å²) in [6.07, 6.45) is 8.03. The van der Waals surface area contributed by atoms with Gasteiger partial charge in [-0.05, 0) is 80.5 Å². The van der Waals surface area contributed by atoms with E-state index >= 15 is 0 Å². The fourth-order valence-electron chi connectivity index (χ4n) is 5.80. The Morgan fingerprint density at radius 1 is 1.13 bits per heavy atom. The Hall–Kier alpha value is -2.95. The molecule has 0 spiro atoms. The number of nitrogens with zero attached hydrogens (tertiary/aromatic N) is 2. The van der Waals surface area contributed by atoms with Crippen LogP contribution >= 0.6 is 0 Å². The Labute approximate surface area is 223 Å². The van der Waals surface area contributed by atoms with E-state index in [1.165, 1.54) is 16.8 Å². The number of nitrogens with one attached hydrogen (secondary N) is 2. The summed E-state index contributed by atoms with van der Waals surface area (Å²) in [5, 5.41) is 12.0. The van der Waals surface area contributed by atoms with Crippen molar-refractivity contribution in [3.05, 3.63) is 46.3 Å². The summed E-state index contributed by atoms with van der Waals surface area (Å²) in [4.78, 5) is 32.6. The van der Waals surface area contributed by atoms with Crippen molar-refractivity contribution in [3.63, 3.8) is 0 Å². The number of aryl methyl sites for hydroxylation is 1. The molecule has 3 aliphatic rings. The van der Waals surface area contributed by atoms with Gasteiger partial charge < -0.3 is 20.3 Å². The number of aromatic nitrogens is 1. The quantitative estimate of drug-likeness (QED) is 0.442. The lowest BCUT2D eigenvalue weighted by Crippen LogP contribution is -2.49. The van der Waals surface area contributed by atoms with E-state index in [-0.39, 0.29) is 22.5 Å². The van der Waals surface area contributed by atoms with Gasteiger partial charge in [0.05, 0.1) is 16.2 Å². The summed E-state index contributed by atoms with van der Waals surface area (Å²) in [6.45, 7) is 4.98. The zero-order valence-corrected chi connectivity index (χ0v) is 22.7. The fourth-order valence-corrected chi connectivity index (χ4v) is 6.71. The summed E-state index contributed by atoms with van der Waals surface area (Å²) >= 11 is 0. The molecule has 9 nitrogen and oxygen atoms in total. The average Bonchev–Trinajstić information content (AvgIpc) is 3.44. The number of benzene rings is 1. The van der Waals surface area contributed by atoms with Crippen LogP contribution in [0.3, 0.4) is 0 Å². The van der Waals surface area contributed by atoms with Gasteiger partial charge >= 0.3 is 0 Å². The molecule has 0 unspecified atom stereocenters. The Balaban J connectivity index is 1.37. The van der Waals surface area contributed by atoms with Gasteiger partial charge in [0.1, 0.15) is 6.61 Å². The lowest BCUT2D eigenvalue weighted by Gasteiger charge is -2.34. The molecule has 1 aromatic carbocycles. The zero-order chi connectivity index (χ0) is 26.9. The van der Waals surface area contributed by atoms with Crippen LogP contribution in [0.25, 0.3) is 11.6 Å². The van der Waals surface area contributed by atoms with Crippen molar-refractivity contribution in [2.75, 3.05) is 50.4 Å². The van der Waals surface area contributed by atoms with Crippen molar-refractivity contribution in [1.82, 2.24) is 14.8 Å². The Kier molecular flexibility index (Phi) is 7.74. The van der Waals surface area contributed by atoms with Gasteiger partial charge in [-0.15, -0.1) is 0 Å². The molecule has 3 N–H and O–H groups in total. The number of anilines is 1. The van der Waals surface area contributed by atoms with E-state index in [1.807, 2.05) is 6.08 Å². The summed E-state index contributed by atoms with van der Waals surface area (Å²) in [6, 6.07) is 4.84. The second kappa shape index (κ2) is 11.0. The maximum absolute atomic E-state index is 12.9. The largest absolute Gasteiger partial charge is 0.387 e. The van der Waals surface area contributed by atoms with Crippen LogP contribution < -0.4 is 5.32 Å². The van der Waals surface area contributed by atoms with Gasteiger partial charge in [0.25, 0.3) is 5.91 Å². The second-order valence-corrected chi connectivity index (χ2v) is 12.6. The highest BCUT2D eigenvalue weighted by molar-refractivity contribution is 7.91. The van der Waals surface area contributed by atoms with Crippen molar-refractivity contribution in [3.8, 4) is 0 Å². The highest BCUT2D eigenvalue weighted by atomic mass is 32.2. The molecule has 10 heteroatoms. The molecule has 1 aromatic heterocycles. The van der Waals surface area contributed by atoms with Crippen LogP contribution in [0.2, 0.25) is 0 Å². The molecular formula is C28H36N4O5S. The topological polar surface area (TPSA) is 123 Å². The number of H-pyrrole nitrogens is 1. The Bertz CT molecular complexity index is 1370. The number of carbonyl (C=O) groups excluding carboxylic acids is 2. The predicted octanol–water partition coefficient (Wildman–Crippen LogP) is 2.25. The number of aliphatic hydroxyl groups is 1. The van der Waals surface area contributed by atoms with Crippen molar-refractivity contribution >= 4 is 39.0 Å². The van der Waals surface area contributed by atoms with Gasteiger partial charge in [-0.25, -0.2) is 8.42 Å². The summed E-state index contributed by atoms with van der Waals surface area (Å²) in [5.74, 6) is -0.426. The molecule has 5 rings (SSSR count). The minimum Gasteiger partial charge on any atom is -0.387 e. The molecule has 2 aromatic rings. The fraction of sp³-hybridized carbons (Fsp3) is 0.500. The molecule has 38 heavy (non-hydrogen) atoms. The smallest absolute Gasteiger partial charge is 0.256 e. The number of rotatable bonds is 8. The third-order valence-corrected chi connectivity index (χ3v) is 9.74. The molecular weight excluding hydrogens is 504 g/mol. The lowest BCUT2D eigenvalue weighted by atomic mass is 9.92. The van der Waals surface area contributed by atoms with E-state index in [2.05, 4.69) is 15.2 Å². The molecule has 0 saturated carbocycles. The van der Waals surface area contributed by atoms with Crippen molar-refractivity contribution < 1.29 is 23.1 Å². The minimum absolute atomic E-state index is 0.00645. The van der Waals surface area contributed by atoms with Crippen molar-refractivity contribution in [1.29, 1.82) is 0 Å². The number of carbonyl (C=O) groups is 2. The van der Waals surface area contributed by atoms with E-state index in [0.29, 0.717) is 29.9 Å². The van der Waals surface area contributed by atoms with Crippen LogP contribution in [-0.4, -0.2) is 85.2 Å². The Morgan fingerprint density at radius 2 is 1.89 bits per heavy atom. The monoisotopic (exact) mass is 540 g/mol. The summed E-state index contributed by atoms with van der Waals surface area (Å²) in [5.41, 5.74) is 6.54. The first-order valence-corrected chi connectivity index (χ1v) is 15.2. The van der Waals surface area contributed by atoms with Crippen LogP contribution in [0, 0.1) is 0 Å². The van der Waals surface area contributed by atoms with Crippen LogP contribution in [0.4, 0.5) is 5.69 Å². The van der Waals surface area contributed by atoms with Crippen molar-refractivity contribution in [2.24, 2.45) is 0 Å². The van der Waals surface area contributed by atoms with E-state index in [4.69, 9.17) is 5.11 Å². The van der Waals surface area contributed by atoms with Crippen LogP contribution in [0.5, 0.6) is 0 Å². The number of piperazine rings is 1. The minimum atomic E-state index is -3.39. The number of aromatic amines is 1. The summed E-state index contributed by atoms with van der Waals surface area (Å²) < 4.78 is 25.0. The lowest BCUT2D eigenvalue weighted by molar-refractivity contribution is -0.135. The van der Waals surface area contributed by atoms with E-state index in [0.717, 1.165) is 63.9 Å². The first kappa shape index (κ1) is 26.6. The third-order valence-electron chi connectivity index (χ3n) is 8.01. The van der Waals surface area contributed by atoms with Gasteiger partial charge in [0.2, 0.25) is 5.91 Å². The van der Waals surface area contributed by atoms with Gasteiger partial charge in [-0.3, -0.25) is 14.5 Å². The molecule has 204 valence electrons. The van der Waals surface area contributed by atoms with E-state index < -0.39 is 16.4 Å². The second-order valence-electron chi connectivity index (χ2n) is 10.3. The zero-order valence-electron chi connectivity index (χ0n) is 21.9. The van der Waals surface area contributed by atoms with Crippen LogP contribution in [-0.2, 0) is 38.7 Å². The normalized spacial score (nSPS) is 18.9. The van der Waals surface area contributed by atoms with Gasteiger partial charge in [-0.1, -0.05) is 6.92 Å². The first-order valence-electron chi connectivity index (χ1n) is 13.5.